The van der Waals surface area contributed by atoms with Gasteiger partial charge in [0.1, 0.15) is 12.7 Å². The van der Waals surface area contributed by atoms with Crippen LogP contribution in [0.3, 0.4) is 0 Å². The standard InChI is InChI=1S/C12H22O5.C10H22O4/c1-9(2)17-10-5-4-6-16-11(10)7-15-8-12(13)14-3;1-7(2)13-10(5-6-11)14-9(4)8(3)12/h9-11H,4-8H2,1-3H3;7-12H,5-6H2,1-4H3/t10?,11-;/m1./s1. The second-order valence-electron chi connectivity index (χ2n) is 8.07. The van der Waals surface area contributed by atoms with Crippen molar-refractivity contribution in [3.63, 3.8) is 0 Å². The topological polar surface area (TPSA) is 113 Å². The molecule has 1 aliphatic rings. The van der Waals surface area contributed by atoms with E-state index in [2.05, 4.69) is 4.74 Å². The Morgan fingerprint density at radius 1 is 1.10 bits per heavy atom. The highest BCUT2D eigenvalue weighted by molar-refractivity contribution is 5.70. The summed E-state index contributed by atoms with van der Waals surface area (Å²) in [6, 6.07) is 0. The lowest BCUT2D eigenvalue weighted by atomic mass is 10.1. The van der Waals surface area contributed by atoms with Crippen molar-refractivity contribution in [2.24, 2.45) is 0 Å². The predicted molar refractivity (Wildman–Crippen MR) is 116 cm³/mol. The molecule has 1 heterocycles. The van der Waals surface area contributed by atoms with Gasteiger partial charge in [-0.15, -0.1) is 0 Å². The zero-order chi connectivity index (χ0) is 23.8. The van der Waals surface area contributed by atoms with Crippen molar-refractivity contribution in [1.29, 1.82) is 0 Å². The largest absolute Gasteiger partial charge is 0.467 e. The summed E-state index contributed by atoms with van der Waals surface area (Å²) in [4.78, 5) is 10.9. The second-order valence-corrected chi connectivity index (χ2v) is 8.07. The van der Waals surface area contributed by atoms with Gasteiger partial charge in [0, 0.05) is 19.6 Å². The molecule has 9 heteroatoms. The van der Waals surface area contributed by atoms with Crippen molar-refractivity contribution < 1.29 is 43.4 Å². The Morgan fingerprint density at radius 2 is 1.77 bits per heavy atom. The molecule has 0 spiro atoms. The van der Waals surface area contributed by atoms with Gasteiger partial charge in [-0.25, -0.2) is 4.79 Å². The summed E-state index contributed by atoms with van der Waals surface area (Å²) in [5.74, 6) is -0.373. The van der Waals surface area contributed by atoms with Gasteiger partial charge in [-0.2, -0.15) is 0 Å². The second kappa shape index (κ2) is 17.7. The number of methoxy groups -OCH3 is 1. The first-order chi connectivity index (χ1) is 14.6. The molecule has 2 N–H and O–H groups in total. The molecule has 31 heavy (non-hydrogen) atoms. The Labute approximate surface area is 187 Å². The van der Waals surface area contributed by atoms with Crippen LogP contribution in [0.4, 0.5) is 0 Å². The quantitative estimate of drug-likeness (QED) is 0.320. The van der Waals surface area contributed by atoms with Gasteiger partial charge in [0.25, 0.3) is 0 Å². The van der Waals surface area contributed by atoms with E-state index in [-0.39, 0.29) is 49.7 Å². The van der Waals surface area contributed by atoms with Crippen LogP contribution in [0.1, 0.15) is 60.8 Å². The van der Waals surface area contributed by atoms with Crippen LogP contribution >= 0.6 is 0 Å². The number of esters is 1. The lowest BCUT2D eigenvalue weighted by molar-refractivity contribution is -0.205. The van der Waals surface area contributed by atoms with Gasteiger partial charge in [-0.3, -0.25) is 0 Å². The van der Waals surface area contributed by atoms with E-state index in [9.17, 15) is 9.90 Å². The van der Waals surface area contributed by atoms with Gasteiger partial charge in [0.15, 0.2) is 6.29 Å². The molecule has 1 rings (SSSR count). The summed E-state index contributed by atoms with van der Waals surface area (Å²) in [6.07, 6.45) is 1.33. The fourth-order valence-electron chi connectivity index (χ4n) is 2.72. The van der Waals surface area contributed by atoms with Crippen molar-refractivity contribution in [1.82, 2.24) is 0 Å². The maximum Gasteiger partial charge on any atom is 0.331 e. The molecule has 0 radical (unpaired) electrons. The van der Waals surface area contributed by atoms with Gasteiger partial charge in [-0.05, 0) is 54.4 Å². The Hall–Kier alpha value is -0.810. The smallest absolute Gasteiger partial charge is 0.331 e. The number of carbonyl (C=O) groups is 1. The highest BCUT2D eigenvalue weighted by Gasteiger charge is 2.28. The summed E-state index contributed by atoms with van der Waals surface area (Å²) in [5, 5.41) is 18.0. The third-order valence-corrected chi connectivity index (χ3v) is 4.39. The van der Waals surface area contributed by atoms with Crippen molar-refractivity contribution >= 4 is 5.97 Å². The Bertz CT molecular complexity index is 443. The summed E-state index contributed by atoms with van der Waals surface area (Å²) < 4.78 is 32.0. The van der Waals surface area contributed by atoms with Crippen molar-refractivity contribution in [3.8, 4) is 0 Å². The number of hydrogen-bond donors (Lipinski definition) is 2. The number of carbonyl (C=O) groups excluding carboxylic acids is 1. The fraction of sp³-hybridized carbons (Fsp3) is 0.955. The average molecular weight is 453 g/mol. The van der Waals surface area contributed by atoms with E-state index in [1.54, 1.807) is 13.8 Å². The van der Waals surface area contributed by atoms with Crippen LogP contribution in [-0.2, 0) is 33.2 Å². The van der Waals surface area contributed by atoms with Gasteiger partial charge in [0.2, 0.25) is 0 Å². The van der Waals surface area contributed by atoms with Crippen molar-refractivity contribution in [2.75, 3.05) is 33.5 Å². The van der Waals surface area contributed by atoms with E-state index in [1.807, 2.05) is 27.7 Å². The first-order valence-corrected chi connectivity index (χ1v) is 11.1. The fourth-order valence-corrected chi connectivity index (χ4v) is 2.72. The highest BCUT2D eigenvalue weighted by atomic mass is 16.7. The van der Waals surface area contributed by atoms with E-state index in [0.717, 1.165) is 19.4 Å². The third kappa shape index (κ3) is 15.6. The Morgan fingerprint density at radius 3 is 2.29 bits per heavy atom. The number of aliphatic hydroxyl groups excluding tert-OH is 2. The molecular formula is C22H44O9. The molecule has 1 fully saturated rings. The lowest BCUT2D eigenvalue weighted by Crippen LogP contribution is -2.41. The van der Waals surface area contributed by atoms with Gasteiger partial charge in [-0.1, -0.05) is 0 Å². The number of rotatable bonds is 13. The van der Waals surface area contributed by atoms with E-state index >= 15 is 0 Å². The number of hydrogen-bond acceptors (Lipinski definition) is 9. The van der Waals surface area contributed by atoms with Crippen LogP contribution in [0, 0.1) is 0 Å². The number of aliphatic hydroxyl groups is 2. The number of ether oxygens (including phenoxy) is 6. The SMILES string of the molecule is CC(C)OC(CCO)OC(C)C(C)O.COC(=O)COC[C@H]1OCCCC1OC(C)C. The zero-order valence-electron chi connectivity index (χ0n) is 20.2. The molecule has 0 aromatic heterocycles. The van der Waals surface area contributed by atoms with Gasteiger partial charge >= 0.3 is 5.97 Å². The van der Waals surface area contributed by atoms with Crippen LogP contribution < -0.4 is 0 Å². The van der Waals surface area contributed by atoms with E-state index < -0.39 is 12.4 Å². The molecule has 0 bridgehead atoms. The Balaban J connectivity index is 0.000000594. The third-order valence-electron chi connectivity index (χ3n) is 4.39. The maximum absolute atomic E-state index is 10.9. The monoisotopic (exact) mass is 452 g/mol. The van der Waals surface area contributed by atoms with Crippen LogP contribution in [0.25, 0.3) is 0 Å². The minimum absolute atomic E-state index is 0.0178. The van der Waals surface area contributed by atoms with Crippen LogP contribution in [0.2, 0.25) is 0 Å². The molecule has 1 saturated heterocycles. The molecule has 9 nitrogen and oxygen atoms in total. The highest BCUT2D eigenvalue weighted by Crippen LogP contribution is 2.19. The molecule has 0 aromatic carbocycles. The summed E-state index contributed by atoms with van der Waals surface area (Å²) >= 11 is 0. The molecular weight excluding hydrogens is 408 g/mol. The normalized spacial score (nSPS) is 21.9. The molecule has 1 aliphatic heterocycles. The molecule has 4 unspecified atom stereocenters. The summed E-state index contributed by atoms with van der Waals surface area (Å²) in [5.41, 5.74) is 0. The zero-order valence-corrected chi connectivity index (χ0v) is 20.2. The van der Waals surface area contributed by atoms with E-state index in [0.29, 0.717) is 13.0 Å². The average Bonchev–Trinajstić information content (AvgIpc) is 2.68. The minimum atomic E-state index is -0.535. The molecule has 5 atom stereocenters. The van der Waals surface area contributed by atoms with Crippen LogP contribution in [0.15, 0.2) is 0 Å². The molecule has 0 aliphatic carbocycles. The van der Waals surface area contributed by atoms with Crippen LogP contribution in [-0.4, -0.2) is 92.6 Å². The molecule has 0 aromatic rings. The summed E-state index contributed by atoms with van der Waals surface area (Å²) in [6.45, 7) is 12.3. The first kappa shape index (κ1) is 30.2. The molecule has 186 valence electrons. The molecule has 0 saturated carbocycles. The summed E-state index contributed by atoms with van der Waals surface area (Å²) in [7, 11) is 1.34. The first-order valence-electron chi connectivity index (χ1n) is 11.1. The van der Waals surface area contributed by atoms with Crippen molar-refractivity contribution in [3.05, 3.63) is 0 Å². The van der Waals surface area contributed by atoms with E-state index in [1.165, 1.54) is 7.11 Å². The van der Waals surface area contributed by atoms with Gasteiger partial charge in [0.05, 0.1) is 44.2 Å². The van der Waals surface area contributed by atoms with Gasteiger partial charge < -0.3 is 38.6 Å². The van der Waals surface area contributed by atoms with Crippen molar-refractivity contribution in [2.45, 2.75) is 104 Å². The molecule has 0 amide bonds. The maximum atomic E-state index is 10.9. The van der Waals surface area contributed by atoms with E-state index in [4.69, 9.17) is 28.8 Å². The Kier molecular flexibility index (Phi) is 17.2. The lowest BCUT2D eigenvalue weighted by Gasteiger charge is -2.32. The minimum Gasteiger partial charge on any atom is -0.467 e. The van der Waals surface area contributed by atoms with Crippen LogP contribution in [0.5, 0.6) is 0 Å². The predicted octanol–water partition coefficient (Wildman–Crippen LogP) is 2.05.